The van der Waals surface area contributed by atoms with Crippen molar-refractivity contribution in [2.75, 3.05) is 12.0 Å². The highest BCUT2D eigenvalue weighted by Crippen LogP contribution is 2.29. The van der Waals surface area contributed by atoms with Gasteiger partial charge in [0.25, 0.3) is 0 Å². The van der Waals surface area contributed by atoms with Gasteiger partial charge in [0.15, 0.2) is 6.73 Å². The van der Waals surface area contributed by atoms with Crippen LogP contribution >= 0.6 is 0 Å². The molecule has 0 bridgehead atoms. The Morgan fingerprint density at radius 2 is 1.71 bits per heavy atom. The van der Waals surface area contributed by atoms with Gasteiger partial charge in [-0.25, -0.2) is 4.79 Å². The SMILES string of the molecule is Cc1ccc(OCNC(=O)Nc2ccc(C(F)(F)F)cc2)cc1C. The van der Waals surface area contributed by atoms with Gasteiger partial charge in [-0.1, -0.05) is 6.07 Å². The molecule has 7 heteroatoms. The number of carbonyl (C=O) groups is 1. The number of anilines is 1. The maximum atomic E-state index is 12.4. The van der Waals surface area contributed by atoms with Crippen LogP contribution in [0.15, 0.2) is 42.5 Å². The summed E-state index contributed by atoms with van der Waals surface area (Å²) in [5.41, 5.74) is 1.69. The Morgan fingerprint density at radius 3 is 2.29 bits per heavy atom. The number of hydrogen-bond acceptors (Lipinski definition) is 2. The smallest absolute Gasteiger partial charge is 0.416 e. The molecule has 128 valence electrons. The number of hydrogen-bond donors (Lipinski definition) is 2. The molecule has 0 heterocycles. The summed E-state index contributed by atoms with van der Waals surface area (Å²) in [7, 11) is 0. The molecule has 24 heavy (non-hydrogen) atoms. The Kier molecular flexibility index (Phi) is 5.33. The molecule has 0 aromatic heterocycles. The van der Waals surface area contributed by atoms with E-state index in [1.54, 1.807) is 6.07 Å². The van der Waals surface area contributed by atoms with Crippen LogP contribution in [0.25, 0.3) is 0 Å². The second-order valence-corrected chi connectivity index (χ2v) is 5.24. The zero-order valence-corrected chi connectivity index (χ0v) is 13.2. The van der Waals surface area contributed by atoms with Crippen LogP contribution in [0.5, 0.6) is 5.75 Å². The lowest BCUT2D eigenvalue weighted by Crippen LogP contribution is -2.32. The quantitative estimate of drug-likeness (QED) is 0.808. The van der Waals surface area contributed by atoms with Crippen molar-refractivity contribution in [2.24, 2.45) is 0 Å². The van der Waals surface area contributed by atoms with Gasteiger partial charge >= 0.3 is 12.2 Å². The highest BCUT2D eigenvalue weighted by molar-refractivity contribution is 5.89. The van der Waals surface area contributed by atoms with Crippen LogP contribution in [0.4, 0.5) is 23.7 Å². The second-order valence-electron chi connectivity index (χ2n) is 5.24. The Labute approximate surface area is 137 Å². The number of amides is 2. The summed E-state index contributed by atoms with van der Waals surface area (Å²) in [6.45, 7) is 3.87. The number of urea groups is 1. The van der Waals surface area contributed by atoms with Gasteiger partial charge < -0.3 is 15.4 Å². The molecule has 0 aliphatic heterocycles. The highest BCUT2D eigenvalue weighted by Gasteiger charge is 2.29. The number of carbonyl (C=O) groups excluding carboxylic acids is 1. The number of rotatable bonds is 4. The average molecular weight is 338 g/mol. The topological polar surface area (TPSA) is 50.4 Å². The first-order valence-corrected chi connectivity index (χ1v) is 7.18. The molecular weight excluding hydrogens is 321 g/mol. The number of aryl methyl sites for hydroxylation is 2. The average Bonchev–Trinajstić information content (AvgIpc) is 2.50. The van der Waals surface area contributed by atoms with E-state index in [4.69, 9.17) is 4.74 Å². The van der Waals surface area contributed by atoms with Crippen molar-refractivity contribution in [3.05, 3.63) is 59.2 Å². The van der Waals surface area contributed by atoms with Gasteiger partial charge in [0.2, 0.25) is 0 Å². The lowest BCUT2D eigenvalue weighted by Gasteiger charge is -2.11. The predicted molar refractivity (Wildman–Crippen MR) is 85.0 cm³/mol. The van der Waals surface area contributed by atoms with Crippen molar-refractivity contribution in [1.82, 2.24) is 5.32 Å². The second kappa shape index (κ2) is 7.25. The highest BCUT2D eigenvalue weighted by atomic mass is 19.4. The van der Waals surface area contributed by atoms with Crippen molar-refractivity contribution >= 4 is 11.7 Å². The first-order chi connectivity index (χ1) is 11.3. The van der Waals surface area contributed by atoms with Crippen LogP contribution in [0.3, 0.4) is 0 Å². The minimum atomic E-state index is -4.40. The molecular formula is C17H17F3N2O2. The van der Waals surface area contributed by atoms with Crippen molar-refractivity contribution in [3.8, 4) is 5.75 Å². The Hall–Kier alpha value is -2.70. The maximum absolute atomic E-state index is 12.4. The lowest BCUT2D eigenvalue weighted by molar-refractivity contribution is -0.137. The summed E-state index contributed by atoms with van der Waals surface area (Å²) in [5, 5.41) is 4.89. The summed E-state index contributed by atoms with van der Waals surface area (Å²) in [5.74, 6) is 0.618. The minimum Gasteiger partial charge on any atom is -0.473 e. The molecule has 0 aliphatic carbocycles. The summed E-state index contributed by atoms with van der Waals surface area (Å²) >= 11 is 0. The number of halogens is 3. The molecule has 0 radical (unpaired) electrons. The van der Waals surface area contributed by atoms with E-state index in [0.29, 0.717) is 5.75 Å². The zero-order valence-electron chi connectivity index (χ0n) is 13.2. The zero-order chi connectivity index (χ0) is 17.7. The molecule has 0 atom stereocenters. The fourth-order valence-corrected chi connectivity index (χ4v) is 1.91. The maximum Gasteiger partial charge on any atom is 0.416 e. The molecule has 0 saturated heterocycles. The molecule has 0 spiro atoms. The Bertz CT molecular complexity index is 713. The summed E-state index contributed by atoms with van der Waals surface area (Å²) < 4.78 is 42.7. The Balaban J connectivity index is 1.81. The normalized spacial score (nSPS) is 11.0. The molecule has 4 nitrogen and oxygen atoms in total. The van der Waals surface area contributed by atoms with Gasteiger partial charge in [-0.3, -0.25) is 0 Å². The van der Waals surface area contributed by atoms with Gasteiger partial charge in [-0.15, -0.1) is 0 Å². The van der Waals surface area contributed by atoms with E-state index in [1.165, 1.54) is 12.1 Å². The predicted octanol–water partition coefficient (Wildman–Crippen LogP) is 4.48. The number of benzene rings is 2. The standard InChI is InChI=1S/C17H17F3N2O2/c1-11-3-8-15(9-12(11)2)24-10-21-16(23)22-14-6-4-13(5-7-14)17(18,19)20/h3-9H,10H2,1-2H3,(H2,21,22,23). The number of alkyl halides is 3. The van der Waals surface area contributed by atoms with Crippen molar-refractivity contribution in [1.29, 1.82) is 0 Å². The molecule has 0 aliphatic rings. The van der Waals surface area contributed by atoms with Crippen molar-refractivity contribution < 1.29 is 22.7 Å². The van der Waals surface area contributed by atoms with E-state index >= 15 is 0 Å². The minimum absolute atomic E-state index is 0.0605. The van der Waals surface area contributed by atoms with E-state index in [-0.39, 0.29) is 12.4 Å². The number of ether oxygens (including phenoxy) is 1. The third-order valence-corrected chi connectivity index (χ3v) is 3.42. The first kappa shape index (κ1) is 17.7. The van der Waals surface area contributed by atoms with Crippen LogP contribution < -0.4 is 15.4 Å². The molecule has 2 N–H and O–H groups in total. The van der Waals surface area contributed by atoms with Gasteiger partial charge in [-0.2, -0.15) is 13.2 Å². The van der Waals surface area contributed by atoms with Crippen molar-refractivity contribution in [2.45, 2.75) is 20.0 Å². The molecule has 0 unspecified atom stereocenters. The third-order valence-electron chi connectivity index (χ3n) is 3.42. The Morgan fingerprint density at radius 1 is 1.04 bits per heavy atom. The largest absolute Gasteiger partial charge is 0.473 e. The monoisotopic (exact) mass is 338 g/mol. The van der Waals surface area contributed by atoms with Gasteiger partial charge in [0.05, 0.1) is 5.56 Å². The van der Waals surface area contributed by atoms with E-state index in [1.807, 2.05) is 26.0 Å². The van der Waals surface area contributed by atoms with Crippen LogP contribution in [0, 0.1) is 13.8 Å². The first-order valence-electron chi connectivity index (χ1n) is 7.18. The van der Waals surface area contributed by atoms with Crippen LogP contribution in [-0.4, -0.2) is 12.8 Å². The van der Waals surface area contributed by atoms with Crippen LogP contribution in [0.2, 0.25) is 0 Å². The molecule has 0 saturated carbocycles. The molecule has 2 aromatic carbocycles. The van der Waals surface area contributed by atoms with Crippen LogP contribution in [-0.2, 0) is 6.18 Å². The van der Waals surface area contributed by atoms with Crippen LogP contribution in [0.1, 0.15) is 16.7 Å². The summed E-state index contributed by atoms with van der Waals surface area (Å²) in [6, 6.07) is 9.16. The van der Waals surface area contributed by atoms with Crippen molar-refractivity contribution in [3.63, 3.8) is 0 Å². The number of nitrogens with one attached hydrogen (secondary N) is 2. The van der Waals surface area contributed by atoms with Gasteiger partial charge in [-0.05, 0) is 61.4 Å². The lowest BCUT2D eigenvalue weighted by atomic mass is 10.1. The fraction of sp³-hybridized carbons (Fsp3) is 0.235. The van der Waals surface area contributed by atoms with E-state index in [9.17, 15) is 18.0 Å². The third kappa shape index (κ3) is 4.91. The molecule has 0 fully saturated rings. The van der Waals surface area contributed by atoms with Gasteiger partial charge in [0, 0.05) is 5.69 Å². The summed E-state index contributed by atoms with van der Waals surface area (Å²) in [4.78, 5) is 11.7. The van der Waals surface area contributed by atoms with Gasteiger partial charge in [0.1, 0.15) is 5.75 Å². The molecule has 2 aromatic rings. The van der Waals surface area contributed by atoms with E-state index < -0.39 is 17.8 Å². The van der Waals surface area contributed by atoms with E-state index in [2.05, 4.69) is 10.6 Å². The fourth-order valence-electron chi connectivity index (χ4n) is 1.91. The molecule has 2 rings (SSSR count). The molecule has 2 amide bonds. The summed E-state index contributed by atoms with van der Waals surface area (Å²) in [6.07, 6.45) is -4.40. The van der Waals surface area contributed by atoms with E-state index in [0.717, 1.165) is 23.3 Å².